The quantitative estimate of drug-likeness (QED) is 0.802. The van der Waals surface area contributed by atoms with Crippen molar-refractivity contribution < 1.29 is 19.4 Å². The normalized spacial score (nSPS) is 28.0. The summed E-state index contributed by atoms with van der Waals surface area (Å²) in [6, 6.07) is 4.61. The third-order valence-corrected chi connectivity index (χ3v) is 5.56. The Morgan fingerprint density at radius 1 is 1.25 bits per heavy atom. The van der Waals surface area contributed by atoms with Crippen LogP contribution in [0, 0.1) is 5.92 Å². The van der Waals surface area contributed by atoms with Gasteiger partial charge in [0, 0.05) is 5.02 Å². The van der Waals surface area contributed by atoms with Gasteiger partial charge in [0.25, 0.3) is 0 Å². The van der Waals surface area contributed by atoms with Crippen LogP contribution in [0.25, 0.3) is 0 Å². The largest absolute Gasteiger partial charge is 0.454 e. The number of hydrogen-bond acceptors (Lipinski definition) is 4. The molecule has 4 atom stereocenters. The van der Waals surface area contributed by atoms with Gasteiger partial charge in [0.05, 0.1) is 29.4 Å². The lowest BCUT2D eigenvalue weighted by Crippen LogP contribution is -2.45. The molecule has 1 aromatic carbocycles. The Morgan fingerprint density at radius 2 is 2.04 bits per heavy atom. The number of ether oxygens (including phenoxy) is 2. The molecule has 3 rings (SSSR count). The summed E-state index contributed by atoms with van der Waals surface area (Å²) < 4.78 is 11.6. The zero-order chi connectivity index (χ0) is 17.1. The number of carbonyl (C=O) groups excluding carboxylic acids is 1. The fourth-order valence-electron chi connectivity index (χ4n) is 3.71. The monoisotopic (exact) mass is 372 g/mol. The molecule has 1 aromatic rings. The number of aliphatic hydroxyl groups is 1. The molecule has 0 spiro atoms. The number of aliphatic hydroxyl groups excluding tert-OH is 1. The van der Waals surface area contributed by atoms with Gasteiger partial charge in [0.2, 0.25) is 0 Å². The Labute approximate surface area is 152 Å². The average molecular weight is 373 g/mol. The van der Waals surface area contributed by atoms with Crippen molar-refractivity contribution in [3.05, 3.63) is 33.8 Å². The molecule has 132 valence electrons. The molecule has 4 nitrogen and oxygen atoms in total. The van der Waals surface area contributed by atoms with Crippen molar-refractivity contribution in [2.24, 2.45) is 5.92 Å². The highest BCUT2D eigenvalue weighted by molar-refractivity contribution is 6.36. The van der Waals surface area contributed by atoms with Crippen molar-refractivity contribution in [1.82, 2.24) is 0 Å². The first kappa shape index (κ1) is 18.0. The Hall–Kier alpha value is -0.810. The maximum atomic E-state index is 12.4. The van der Waals surface area contributed by atoms with Gasteiger partial charge < -0.3 is 14.6 Å². The Balaban J connectivity index is 1.64. The molecule has 2 fully saturated rings. The lowest BCUT2D eigenvalue weighted by atomic mass is 9.80. The third kappa shape index (κ3) is 4.05. The van der Waals surface area contributed by atoms with Crippen molar-refractivity contribution in [2.45, 2.75) is 56.8 Å². The number of rotatable bonds is 4. The number of esters is 1. The van der Waals surface area contributed by atoms with Crippen LogP contribution in [0.2, 0.25) is 10.0 Å². The molecule has 1 N–H and O–H groups in total. The van der Waals surface area contributed by atoms with Crippen LogP contribution in [0.1, 0.15) is 48.9 Å². The average Bonchev–Trinajstić information content (AvgIpc) is 2.59. The van der Waals surface area contributed by atoms with E-state index in [-0.39, 0.29) is 29.4 Å². The fraction of sp³-hybridized carbons (Fsp3) is 0.611. The molecule has 2 aliphatic rings. The fourth-order valence-corrected chi connectivity index (χ4v) is 4.20. The van der Waals surface area contributed by atoms with E-state index in [9.17, 15) is 9.90 Å². The van der Waals surface area contributed by atoms with Gasteiger partial charge in [-0.1, -0.05) is 36.0 Å². The topological polar surface area (TPSA) is 55.8 Å². The van der Waals surface area contributed by atoms with Gasteiger partial charge in [-0.2, -0.15) is 0 Å². The van der Waals surface area contributed by atoms with Crippen LogP contribution < -0.4 is 0 Å². The van der Waals surface area contributed by atoms with Crippen LogP contribution >= 0.6 is 23.2 Å². The highest BCUT2D eigenvalue weighted by atomic mass is 35.5. The van der Waals surface area contributed by atoms with E-state index in [1.165, 1.54) is 31.4 Å². The highest BCUT2D eigenvalue weighted by Crippen LogP contribution is 2.37. The summed E-state index contributed by atoms with van der Waals surface area (Å²) in [5, 5.41) is 10.4. The molecule has 6 heteroatoms. The van der Waals surface area contributed by atoms with Crippen molar-refractivity contribution in [3.8, 4) is 0 Å². The maximum Gasteiger partial charge on any atom is 0.340 e. The predicted molar refractivity (Wildman–Crippen MR) is 92.6 cm³/mol. The molecule has 1 aliphatic carbocycles. The van der Waals surface area contributed by atoms with Gasteiger partial charge in [-0.05, 0) is 49.8 Å². The summed E-state index contributed by atoms with van der Waals surface area (Å²) in [6.07, 6.45) is 5.86. The number of fused-ring (bicyclic) bond motifs is 1. The van der Waals surface area contributed by atoms with E-state index in [1.807, 2.05) is 0 Å². The van der Waals surface area contributed by atoms with Gasteiger partial charge >= 0.3 is 5.97 Å². The van der Waals surface area contributed by atoms with Gasteiger partial charge in [-0.3, -0.25) is 0 Å². The second-order valence-corrected chi connectivity index (χ2v) is 7.43. The number of carbonyl (C=O) groups is 1. The van der Waals surface area contributed by atoms with Crippen molar-refractivity contribution >= 4 is 29.2 Å². The van der Waals surface area contributed by atoms with Crippen LogP contribution in [0.5, 0.6) is 0 Å². The minimum atomic E-state index is -0.674. The van der Waals surface area contributed by atoms with E-state index >= 15 is 0 Å². The molecule has 0 radical (unpaired) electrons. The molecule has 1 heterocycles. The van der Waals surface area contributed by atoms with Crippen molar-refractivity contribution in [1.29, 1.82) is 0 Å². The first-order valence-corrected chi connectivity index (χ1v) is 9.26. The highest BCUT2D eigenvalue weighted by Gasteiger charge is 2.37. The van der Waals surface area contributed by atoms with Gasteiger partial charge in [-0.15, -0.1) is 0 Å². The first-order chi connectivity index (χ1) is 11.6. The molecule has 0 amide bonds. The summed E-state index contributed by atoms with van der Waals surface area (Å²) in [5.74, 6) is 0.0424. The second kappa shape index (κ2) is 8.05. The SMILES string of the molecule is O=C(O[C@@H](CO)[C@H]1CC[C@@H]2CCCC[C@H]2O1)c1ccc(Cl)cc1Cl. The van der Waals surface area contributed by atoms with Gasteiger partial charge in [-0.25, -0.2) is 4.79 Å². The smallest absolute Gasteiger partial charge is 0.340 e. The van der Waals surface area contributed by atoms with Crippen LogP contribution in [-0.4, -0.2) is 36.0 Å². The molecule has 1 saturated heterocycles. The third-order valence-electron chi connectivity index (χ3n) is 5.01. The standard InChI is InChI=1S/C18H22Cl2O4/c19-12-6-7-13(14(20)9-12)18(22)24-17(10-21)16-8-5-11-3-1-2-4-15(11)23-16/h6-7,9,11,15-17,21H,1-5,8,10H2/t11-,15+,16+,17-/m0/s1. The van der Waals surface area contributed by atoms with Crippen LogP contribution in [0.4, 0.5) is 0 Å². The molecule has 0 aromatic heterocycles. The molecule has 0 bridgehead atoms. The predicted octanol–water partition coefficient (Wildman–Crippen LogP) is 4.25. The Kier molecular flexibility index (Phi) is 6.03. The van der Waals surface area contributed by atoms with Crippen LogP contribution in [0.3, 0.4) is 0 Å². The summed E-state index contributed by atoms with van der Waals surface area (Å²) in [6.45, 7) is -0.265. The Bertz CT molecular complexity index is 592. The molecule has 0 unspecified atom stereocenters. The van der Waals surface area contributed by atoms with Gasteiger partial charge in [0.1, 0.15) is 0 Å². The molecular formula is C18H22Cl2O4. The van der Waals surface area contributed by atoms with Crippen LogP contribution in [0.15, 0.2) is 18.2 Å². The van der Waals surface area contributed by atoms with E-state index in [0.29, 0.717) is 10.9 Å². The van der Waals surface area contributed by atoms with Crippen molar-refractivity contribution in [3.63, 3.8) is 0 Å². The van der Waals surface area contributed by atoms with E-state index in [0.717, 1.165) is 19.3 Å². The molecular weight excluding hydrogens is 351 g/mol. The lowest BCUT2D eigenvalue weighted by molar-refractivity contribution is -0.149. The van der Waals surface area contributed by atoms with E-state index in [4.69, 9.17) is 32.7 Å². The molecule has 24 heavy (non-hydrogen) atoms. The lowest BCUT2D eigenvalue weighted by Gasteiger charge is -2.41. The molecule has 1 aliphatic heterocycles. The van der Waals surface area contributed by atoms with E-state index in [1.54, 1.807) is 6.07 Å². The van der Waals surface area contributed by atoms with E-state index in [2.05, 4.69) is 0 Å². The van der Waals surface area contributed by atoms with E-state index < -0.39 is 12.1 Å². The first-order valence-electron chi connectivity index (χ1n) is 8.51. The minimum Gasteiger partial charge on any atom is -0.454 e. The van der Waals surface area contributed by atoms with Crippen molar-refractivity contribution in [2.75, 3.05) is 6.61 Å². The number of halogens is 2. The summed E-state index contributed by atoms with van der Waals surface area (Å²) in [5.41, 5.74) is 0.242. The zero-order valence-electron chi connectivity index (χ0n) is 13.4. The summed E-state index contributed by atoms with van der Waals surface area (Å²) >= 11 is 11.9. The Morgan fingerprint density at radius 3 is 2.79 bits per heavy atom. The second-order valence-electron chi connectivity index (χ2n) is 6.59. The minimum absolute atomic E-state index is 0.226. The van der Waals surface area contributed by atoms with Gasteiger partial charge in [0.15, 0.2) is 6.10 Å². The number of hydrogen-bond donors (Lipinski definition) is 1. The maximum absolute atomic E-state index is 12.4. The zero-order valence-corrected chi connectivity index (χ0v) is 14.9. The number of benzene rings is 1. The molecule has 1 saturated carbocycles. The van der Waals surface area contributed by atoms with Crippen LogP contribution in [-0.2, 0) is 9.47 Å². The summed E-state index contributed by atoms with van der Waals surface area (Å²) in [4.78, 5) is 12.4. The summed E-state index contributed by atoms with van der Waals surface area (Å²) in [7, 11) is 0.